The minimum absolute atomic E-state index is 0.0225. The first-order chi connectivity index (χ1) is 5.76. The molecule has 0 aliphatic carbocycles. The molecule has 0 spiro atoms. The topological polar surface area (TPSA) is 87.8 Å². The fraction of sp³-hybridized carbons (Fsp3) is 0.500. The van der Waals surface area contributed by atoms with Gasteiger partial charge in [-0.3, -0.25) is 14.4 Å². The Morgan fingerprint density at radius 1 is 1.75 bits per heavy atom. The summed E-state index contributed by atoms with van der Waals surface area (Å²) in [7, 11) is 5.59. The number of carbonyl (C=O) groups excluding carboxylic acids is 2. The van der Waals surface area contributed by atoms with Gasteiger partial charge < -0.3 is 9.31 Å². The van der Waals surface area contributed by atoms with Gasteiger partial charge >= 0.3 is 21.5 Å². The lowest BCUT2D eigenvalue weighted by Crippen LogP contribution is -2.30. The normalized spacial score (nSPS) is 11.4. The Hall–Kier alpha value is -1.01. The lowest BCUT2D eigenvalue weighted by Gasteiger charge is -2.09. The molecular formula is C4H6B2NO5. The molecule has 0 fully saturated rings. The van der Waals surface area contributed by atoms with Crippen LogP contribution in [0.25, 0.3) is 0 Å². The molecule has 0 saturated heterocycles. The molecule has 12 heavy (non-hydrogen) atoms. The zero-order valence-corrected chi connectivity index (χ0v) is 6.14. The van der Waals surface area contributed by atoms with Gasteiger partial charge in [0.15, 0.2) is 6.10 Å². The van der Waals surface area contributed by atoms with Crippen LogP contribution in [0.3, 0.4) is 0 Å². The molecule has 0 saturated carbocycles. The minimum atomic E-state index is -1.06. The summed E-state index contributed by atoms with van der Waals surface area (Å²) in [6, 6.07) is 0. The van der Waals surface area contributed by atoms with Crippen molar-refractivity contribution >= 4 is 28.0 Å². The second kappa shape index (κ2) is 6.68. The summed E-state index contributed by atoms with van der Waals surface area (Å²) in [5, 5.41) is 0. The molecule has 0 aromatic heterocycles. The molecule has 63 valence electrons. The van der Waals surface area contributed by atoms with E-state index in [0.29, 0.717) is 0 Å². The van der Waals surface area contributed by atoms with Crippen molar-refractivity contribution in [3.8, 4) is 0 Å². The van der Waals surface area contributed by atoms with Crippen molar-refractivity contribution in [1.29, 1.82) is 0 Å². The fourth-order valence-corrected chi connectivity index (χ4v) is 0.465. The van der Waals surface area contributed by atoms with E-state index in [0.717, 1.165) is 7.48 Å². The summed E-state index contributed by atoms with van der Waals surface area (Å²) < 4.78 is 8.00. The molecule has 0 unspecified atom stereocenters. The van der Waals surface area contributed by atoms with E-state index < -0.39 is 12.1 Å². The van der Waals surface area contributed by atoms with Gasteiger partial charge in [0.1, 0.15) is 0 Å². The Morgan fingerprint density at radius 2 is 2.42 bits per heavy atom. The minimum Gasteiger partial charge on any atom is -0.541 e. The number of carbonyl (C=O) groups is 2. The second-order valence-electron chi connectivity index (χ2n) is 1.70. The highest BCUT2D eigenvalue weighted by molar-refractivity contribution is 6.30. The van der Waals surface area contributed by atoms with E-state index >= 15 is 0 Å². The Labute approximate surface area is 71.0 Å². The van der Waals surface area contributed by atoms with Crippen LogP contribution in [0.4, 0.5) is 0 Å². The van der Waals surface area contributed by atoms with Crippen LogP contribution >= 0.6 is 0 Å². The standard InChI is InChI=1S/C4H6B2NO5/c5-11-4(9)3(12-7)1-6-10-2-8/h2-3H,1,7H2/t3-/m1/s1. The van der Waals surface area contributed by atoms with Crippen LogP contribution < -0.4 is 5.90 Å². The van der Waals surface area contributed by atoms with E-state index in [1.54, 1.807) is 0 Å². The molecule has 0 aromatic carbocycles. The Kier molecular flexibility index (Phi) is 6.12. The average molecular weight is 170 g/mol. The van der Waals surface area contributed by atoms with Crippen molar-refractivity contribution < 1.29 is 23.7 Å². The van der Waals surface area contributed by atoms with Crippen molar-refractivity contribution in [3.63, 3.8) is 0 Å². The van der Waals surface area contributed by atoms with Gasteiger partial charge in [-0.1, -0.05) is 0 Å². The van der Waals surface area contributed by atoms with Crippen molar-refractivity contribution in [2.45, 2.75) is 12.4 Å². The molecule has 0 aliphatic rings. The van der Waals surface area contributed by atoms with Crippen LogP contribution in [0, 0.1) is 0 Å². The van der Waals surface area contributed by atoms with Crippen LogP contribution in [0.5, 0.6) is 0 Å². The highest BCUT2D eigenvalue weighted by Gasteiger charge is 2.19. The number of nitrogens with two attached hydrogens (primary N) is 1. The average Bonchev–Trinajstić information content (AvgIpc) is 2.11. The van der Waals surface area contributed by atoms with Crippen molar-refractivity contribution in [2.75, 3.05) is 0 Å². The predicted molar refractivity (Wildman–Crippen MR) is 38.6 cm³/mol. The van der Waals surface area contributed by atoms with Gasteiger partial charge in [0.2, 0.25) is 0 Å². The van der Waals surface area contributed by atoms with Gasteiger partial charge in [0, 0.05) is 6.32 Å². The van der Waals surface area contributed by atoms with Gasteiger partial charge in [-0.2, -0.15) is 0 Å². The van der Waals surface area contributed by atoms with Crippen LogP contribution in [0.2, 0.25) is 6.32 Å². The van der Waals surface area contributed by atoms with Gasteiger partial charge in [0.25, 0.3) is 6.47 Å². The molecule has 0 bridgehead atoms. The Morgan fingerprint density at radius 3 is 2.83 bits per heavy atom. The van der Waals surface area contributed by atoms with E-state index in [-0.39, 0.29) is 12.8 Å². The number of rotatable bonds is 6. The third-order valence-corrected chi connectivity index (χ3v) is 1.01. The van der Waals surface area contributed by atoms with Crippen LogP contribution in [-0.4, -0.2) is 34.1 Å². The lowest BCUT2D eigenvalue weighted by molar-refractivity contribution is -0.146. The van der Waals surface area contributed by atoms with Crippen molar-refractivity contribution in [2.24, 2.45) is 5.90 Å². The van der Waals surface area contributed by atoms with Gasteiger partial charge in [-0.15, -0.1) is 0 Å². The summed E-state index contributed by atoms with van der Waals surface area (Å²) >= 11 is 0. The number of hydrogen-bond donors (Lipinski definition) is 1. The van der Waals surface area contributed by atoms with E-state index in [4.69, 9.17) is 5.90 Å². The maximum atomic E-state index is 10.6. The first-order valence-electron chi connectivity index (χ1n) is 2.93. The third kappa shape index (κ3) is 3.99. The first-order valence-corrected chi connectivity index (χ1v) is 2.93. The summed E-state index contributed by atoms with van der Waals surface area (Å²) in [5.74, 6) is 3.87. The predicted octanol–water partition coefficient (Wildman–Crippen LogP) is -1.92. The van der Waals surface area contributed by atoms with Gasteiger partial charge in [-0.05, 0) is 0 Å². The summed E-state index contributed by atoms with van der Waals surface area (Å²) in [6.07, 6.45) is -1.08. The SMILES string of the molecule is [B]OC(=O)[C@@H](C[B]OC=O)ON. The molecule has 1 atom stereocenters. The molecule has 0 aliphatic heterocycles. The first kappa shape index (κ1) is 11.0. The molecule has 2 N–H and O–H groups in total. The highest BCUT2D eigenvalue weighted by atomic mass is 16.6. The monoisotopic (exact) mass is 170 g/mol. The smallest absolute Gasteiger partial charge is 0.378 e. The zero-order valence-electron chi connectivity index (χ0n) is 6.14. The number of hydrogen-bond acceptors (Lipinski definition) is 6. The molecule has 6 nitrogen and oxygen atoms in total. The lowest BCUT2D eigenvalue weighted by atomic mass is 9.91. The molecule has 0 amide bonds. The second-order valence-corrected chi connectivity index (χ2v) is 1.70. The molecular weight excluding hydrogens is 164 g/mol. The zero-order chi connectivity index (χ0) is 9.40. The molecule has 8 heteroatoms. The largest absolute Gasteiger partial charge is 0.541 e. The fourth-order valence-electron chi connectivity index (χ4n) is 0.465. The van der Waals surface area contributed by atoms with E-state index in [2.05, 4.69) is 22.2 Å². The molecule has 0 heterocycles. The van der Waals surface area contributed by atoms with Crippen molar-refractivity contribution in [3.05, 3.63) is 0 Å². The third-order valence-electron chi connectivity index (χ3n) is 1.01. The van der Waals surface area contributed by atoms with Crippen LogP contribution in [-0.2, 0) is 23.7 Å². The Balaban J connectivity index is 3.66. The molecule has 0 aromatic rings. The molecule has 3 radical (unpaired) electrons. The molecule has 0 rings (SSSR count). The summed E-state index contributed by atoms with van der Waals surface area (Å²) in [4.78, 5) is 24.4. The van der Waals surface area contributed by atoms with Gasteiger partial charge in [-0.25, -0.2) is 5.90 Å². The van der Waals surface area contributed by atoms with Crippen LogP contribution in [0.15, 0.2) is 0 Å². The highest BCUT2D eigenvalue weighted by Crippen LogP contribution is 1.97. The maximum absolute atomic E-state index is 10.6. The summed E-state index contributed by atoms with van der Waals surface area (Å²) in [5.41, 5.74) is 0. The maximum Gasteiger partial charge on any atom is 0.378 e. The van der Waals surface area contributed by atoms with Gasteiger partial charge in [0.05, 0.1) is 0 Å². The van der Waals surface area contributed by atoms with Crippen molar-refractivity contribution in [1.82, 2.24) is 0 Å². The van der Waals surface area contributed by atoms with E-state index in [1.807, 2.05) is 0 Å². The van der Waals surface area contributed by atoms with E-state index in [9.17, 15) is 9.59 Å². The Bertz CT molecular complexity index is 154. The summed E-state index contributed by atoms with van der Waals surface area (Å²) in [6.45, 7) is 0.196. The van der Waals surface area contributed by atoms with Crippen LogP contribution in [0.1, 0.15) is 0 Å². The van der Waals surface area contributed by atoms with E-state index in [1.165, 1.54) is 0 Å². The quantitative estimate of drug-likeness (QED) is 0.216.